The van der Waals surface area contributed by atoms with E-state index in [1.807, 2.05) is 24.3 Å². The Morgan fingerprint density at radius 2 is 2.12 bits per heavy atom. The summed E-state index contributed by atoms with van der Waals surface area (Å²) in [5.74, 6) is -1.00. The van der Waals surface area contributed by atoms with Gasteiger partial charge in [-0.05, 0) is 42.7 Å². The van der Waals surface area contributed by atoms with Gasteiger partial charge in [0.25, 0.3) is 0 Å². The van der Waals surface area contributed by atoms with Crippen LogP contribution in [0.5, 0.6) is 0 Å². The zero-order valence-electron chi connectivity index (χ0n) is 13.3. The summed E-state index contributed by atoms with van der Waals surface area (Å²) in [5.41, 5.74) is 4.45. The second kappa shape index (κ2) is 5.35. The molecular formula is C19H17ClN2O2. The van der Waals surface area contributed by atoms with Crippen molar-refractivity contribution in [3.8, 4) is 0 Å². The third kappa shape index (κ3) is 2.57. The van der Waals surface area contributed by atoms with Crippen LogP contribution in [0.25, 0.3) is 10.9 Å². The van der Waals surface area contributed by atoms with E-state index >= 15 is 0 Å². The van der Waals surface area contributed by atoms with E-state index in [1.165, 1.54) is 17.3 Å². The molecule has 5 heteroatoms. The van der Waals surface area contributed by atoms with E-state index in [0.29, 0.717) is 11.4 Å². The van der Waals surface area contributed by atoms with Crippen LogP contribution >= 0.6 is 11.6 Å². The minimum absolute atomic E-state index is 0.0783. The van der Waals surface area contributed by atoms with Crippen LogP contribution in [0.2, 0.25) is 5.02 Å². The van der Waals surface area contributed by atoms with Crippen LogP contribution in [0.3, 0.4) is 0 Å². The molecule has 2 aromatic heterocycles. The van der Waals surface area contributed by atoms with Crippen LogP contribution in [0, 0.1) is 0 Å². The Kier molecular flexibility index (Phi) is 3.39. The number of H-pyrrole nitrogens is 1. The summed E-state index contributed by atoms with van der Waals surface area (Å²) in [6.07, 6.45) is 2.92. The maximum atomic E-state index is 11.2. The van der Waals surface area contributed by atoms with Crippen LogP contribution in [-0.2, 0) is 11.8 Å². The van der Waals surface area contributed by atoms with Crippen molar-refractivity contribution < 1.29 is 9.90 Å². The van der Waals surface area contributed by atoms with Crippen LogP contribution in [0.1, 0.15) is 47.2 Å². The lowest BCUT2D eigenvalue weighted by molar-refractivity contribution is 0.0690. The Hall–Kier alpha value is -2.33. The third-order valence-electron chi connectivity index (χ3n) is 4.86. The van der Waals surface area contributed by atoms with Crippen molar-refractivity contribution >= 4 is 28.5 Å². The first-order chi connectivity index (χ1) is 11.5. The van der Waals surface area contributed by atoms with Crippen molar-refractivity contribution in [2.45, 2.75) is 31.6 Å². The van der Waals surface area contributed by atoms with Gasteiger partial charge in [-0.2, -0.15) is 0 Å². The second-order valence-electron chi connectivity index (χ2n) is 6.73. The molecule has 0 radical (unpaired) electrons. The molecule has 0 atom stereocenters. The number of carbonyl (C=O) groups is 1. The number of aromatic amines is 1. The lowest BCUT2D eigenvalue weighted by Gasteiger charge is -2.11. The van der Waals surface area contributed by atoms with Gasteiger partial charge in [0, 0.05) is 39.1 Å². The number of pyridine rings is 1. The Labute approximate surface area is 144 Å². The predicted octanol–water partition coefficient (Wildman–Crippen LogP) is 4.56. The molecule has 1 aromatic carbocycles. The van der Waals surface area contributed by atoms with E-state index < -0.39 is 5.97 Å². The van der Waals surface area contributed by atoms with Crippen molar-refractivity contribution in [3.05, 3.63) is 64.1 Å². The normalized spacial score (nSPS) is 15.6. The number of hydrogen-bond donors (Lipinski definition) is 2. The summed E-state index contributed by atoms with van der Waals surface area (Å²) in [7, 11) is 0. The summed E-state index contributed by atoms with van der Waals surface area (Å²) in [6.45, 7) is 2.25. The highest BCUT2D eigenvalue weighted by atomic mass is 35.5. The zero-order chi connectivity index (χ0) is 16.9. The van der Waals surface area contributed by atoms with E-state index in [4.69, 9.17) is 16.7 Å². The summed E-state index contributed by atoms with van der Waals surface area (Å²) in [5, 5.41) is 11.0. The molecule has 4 rings (SSSR count). The maximum absolute atomic E-state index is 11.2. The number of hydrogen-bond acceptors (Lipinski definition) is 2. The SMILES string of the molecule is CC1(c2[nH]c3cc(Cl)ccc3c2Cc2cccc(C(=O)O)n2)CC1. The first-order valence-electron chi connectivity index (χ1n) is 7.96. The van der Waals surface area contributed by atoms with Crippen LogP contribution in [0.15, 0.2) is 36.4 Å². The number of fused-ring (bicyclic) bond motifs is 1. The maximum Gasteiger partial charge on any atom is 0.354 e. The molecule has 2 heterocycles. The first-order valence-corrected chi connectivity index (χ1v) is 8.34. The van der Waals surface area contributed by atoms with Gasteiger partial charge in [-0.3, -0.25) is 0 Å². The van der Waals surface area contributed by atoms with Crippen molar-refractivity contribution in [1.29, 1.82) is 0 Å². The number of benzene rings is 1. The van der Waals surface area contributed by atoms with Crippen LogP contribution < -0.4 is 0 Å². The van der Waals surface area contributed by atoms with E-state index in [9.17, 15) is 4.79 Å². The van der Waals surface area contributed by atoms with Gasteiger partial charge in [0.05, 0.1) is 0 Å². The number of carboxylic acid groups (broad SMARTS) is 1. The largest absolute Gasteiger partial charge is 0.477 e. The third-order valence-corrected chi connectivity index (χ3v) is 5.09. The standard InChI is InChI=1S/C19H17ClN2O2/c1-19(7-8-19)17-14(13-6-5-11(20)9-16(13)22-17)10-12-3-2-4-15(21-12)18(23)24/h2-6,9,22H,7-8,10H2,1H3,(H,23,24). The lowest BCUT2D eigenvalue weighted by Crippen LogP contribution is -2.07. The van der Waals surface area contributed by atoms with E-state index in [2.05, 4.69) is 16.9 Å². The van der Waals surface area contributed by atoms with Crippen LogP contribution in [-0.4, -0.2) is 21.0 Å². The lowest BCUT2D eigenvalue weighted by atomic mass is 9.96. The molecular weight excluding hydrogens is 324 g/mol. The van der Waals surface area contributed by atoms with Gasteiger partial charge in [0.15, 0.2) is 0 Å². The molecule has 3 aromatic rings. The number of nitrogens with zero attached hydrogens (tertiary/aromatic N) is 1. The van der Waals surface area contributed by atoms with Gasteiger partial charge >= 0.3 is 5.97 Å². The average Bonchev–Trinajstić information content (AvgIpc) is 3.20. The Morgan fingerprint density at radius 3 is 2.83 bits per heavy atom. The zero-order valence-corrected chi connectivity index (χ0v) is 14.0. The molecule has 1 aliphatic rings. The second-order valence-corrected chi connectivity index (χ2v) is 7.16. The quantitative estimate of drug-likeness (QED) is 0.731. The molecule has 1 saturated carbocycles. The average molecular weight is 341 g/mol. The van der Waals surface area contributed by atoms with Crippen molar-refractivity contribution in [3.63, 3.8) is 0 Å². The minimum Gasteiger partial charge on any atom is -0.477 e. The molecule has 0 amide bonds. The smallest absolute Gasteiger partial charge is 0.354 e. The summed E-state index contributed by atoms with van der Waals surface area (Å²) in [4.78, 5) is 19.0. The summed E-state index contributed by atoms with van der Waals surface area (Å²) >= 11 is 6.13. The van der Waals surface area contributed by atoms with E-state index in [-0.39, 0.29) is 11.1 Å². The van der Waals surface area contributed by atoms with Crippen molar-refractivity contribution in [1.82, 2.24) is 9.97 Å². The molecule has 0 spiro atoms. The molecule has 24 heavy (non-hydrogen) atoms. The van der Waals surface area contributed by atoms with Crippen molar-refractivity contribution in [2.75, 3.05) is 0 Å². The molecule has 122 valence electrons. The topological polar surface area (TPSA) is 66.0 Å². The fourth-order valence-electron chi connectivity index (χ4n) is 3.24. The molecule has 0 bridgehead atoms. The van der Waals surface area contributed by atoms with Gasteiger partial charge in [0.1, 0.15) is 5.69 Å². The van der Waals surface area contributed by atoms with Gasteiger partial charge in [-0.25, -0.2) is 9.78 Å². The van der Waals surface area contributed by atoms with Gasteiger partial charge < -0.3 is 10.1 Å². The molecule has 0 saturated heterocycles. The number of carboxylic acids is 1. The predicted molar refractivity (Wildman–Crippen MR) is 93.9 cm³/mol. The molecule has 0 aliphatic heterocycles. The van der Waals surface area contributed by atoms with Gasteiger partial charge in [-0.1, -0.05) is 30.7 Å². The minimum atomic E-state index is -1.00. The fraction of sp³-hybridized carbons (Fsp3) is 0.263. The highest BCUT2D eigenvalue weighted by Crippen LogP contribution is 2.50. The molecule has 2 N–H and O–H groups in total. The van der Waals surface area contributed by atoms with Gasteiger partial charge in [0.2, 0.25) is 0 Å². The molecule has 1 aliphatic carbocycles. The Morgan fingerprint density at radius 1 is 1.33 bits per heavy atom. The molecule has 1 fully saturated rings. The van der Waals surface area contributed by atoms with Gasteiger partial charge in [-0.15, -0.1) is 0 Å². The number of rotatable bonds is 4. The summed E-state index contributed by atoms with van der Waals surface area (Å²) < 4.78 is 0. The monoisotopic (exact) mass is 340 g/mol. The number of nitrogens with one attached hydrogen (secondary N) is 1. The summed E-state index contributed by atoms with van der Waals surface area (Å²) in [6, 6.07) is 11.0. The molecule has 0 unspecified atom stereocenters. The van der Waals surface area contributed by atoms with Crippen molar-refractivity contribution in [2.24, 2.45) is 0 Å². The Balaban J connectivity index is 1.83. The first kappa shape index (κ1) is 15.2. The van der Waals surface area contributed by atoms with E-state index in [0.717, 1.165) is 29.4 Å². The number of halogens is 1. The van der Waals surface area contributed by atoms with E-state index in [1.54, 1.807) is 6.07 Å². The highest BCUT2D eigenvalue weighted by Gasteiger charge is 2.42. The number of aromatic nitrogens is 2. The Bertz CT molecular complexity index is 957. The fourth-order valence-corrected chi connectivity index (χ4v) is 3.41. The molecule has 4 nitrogen and oxygen atoms in total. The van der Waals surface area contributed by atoms with Crippen LogP contribution in [0.4, 0.5) is 0 Å². The highest BCUT2D eigenvalue weighted by molar-refractivity contribution is 6.31. The number of aromatic carboxylic acids is 1.